The maximum absolute atomic E-state index is 14.9. The maximum atomic E-state index is 14.9. The van der Waals surface area contributed by atoms with Crippen LogP contribution in [0.25, 0.3) is 0 Å². The number of halogens is 3. The predicted octanol–water partition coefficient (Wildman–Crippen LogP) is 7.87. The molecule has 3 nitrogen and oxygen atoms in total. The molecular weight excluding hydrogens is 405 g/mol. The molecule has 0 bridgehead atoms. The van der Waals surface area contributed by atoms with Gasteiger partial charge in [-0.3, -0.25) is 0 Å². The van der Waals surface area contributed by atoms with Crippen LogP contribution in [0.15, 0.2) is 12.1 Å². The summed E-state index contributed by atoms with van der Waals surface area (Å²) in [6.07, 6.45) is 8.72. The second-order valence-electron chi connectivity index (χ2n) is 8.04. The van der Waals surface area contributed by atoms with Gasteiger partial charge in [0, 0.05) is 17.7 Å². The minimum atomic E-state index is -1.61. The van der Waals surface area contributed by atoms with Crippen LogP contribution in [-0.2, 0) is 14.2 Å². The number of hydrogen-bond donors (Lipinski definition) is 0. The first-order valence-electron chi connectivity index (χ1n) is 12.0. The Kier molecular flexibility index (Phi) is 14.1. The van der Waals surface area contributed by atoms with Crippen LogP contribution < -0.4 is 0 Å². The van der Waals surface area contributed by atoms with Gasteiger partial charge in [0.05, 0.1) is 25.7 Å². The van der Waals surface area contributed by atoms with E-state index in [1.165, 1.54) is 6.42 Å². The zero-order chi connectivity index (χ0) is 23.1. The molecule has 0 heterocycles. The average Bonchev–Trinajstić information content (AvgIpc) is 2.74. The highest BCUT2D eigenvalue weighted by Crippen LogP contribution is 2.41. The van der Waals surface area contributed by atoms with Crippen LogP contribution in [0.2, 0.25) is 0 Å². The van der Waals surface area contributed by atoms with Gasteiger partial charge in [0.2, 0.25) is 0 Å². The Morgan fingerprint density at radius 3 is 1.58 bits per heavy atom. The molecule has 1 rings (SSSR count). The van der Waals surface area contributed by atoms with Gasteiger partial charge >= 0.3 is 0 Å². The maximum Gasteiger partial charge on any atom is 0.290 e. The van der Waals surface area contributed by atoms with Crippen molar-refractivity contribution >= 4 is 0 Å². The smallest absolute Gasteiger partial charge is 0.290 e. The fourth-order valence-electron chi connectivity index (χ4n) is 3.67. The fourth-order valence-corrected chi connectivity index (χ4v) is 3.67. The van der Waals surface area contributed by atoms with Crippen molar-refractivity contribution in [2.45, 2.75) is 104 Å². The van der Waals surface area contributed by atoms with E-state index in [0.29, 0.717) is 45.5 Å². The first-order valence-corrected chi connectivity index (χ1v) is 12.0. The summed E-state index contributed by atoms with van der Waals surface area (Å²) in [6, 6.07) is 1.44. The normalized spacial score (nSPS) is 13.0. The van der Waals surface area contributed by atoms with Gasteiger partial charge in [0.1, 0.15) is 17.5 Å². The Morgan fingerprint density at radius 2 is 1.13 bits per heavy atom. The van der Waals surface area contributed by atoms with Crippen LogP contribution in [0.3, 0.4) is 0 Å². The number of rotatable bonds is 18. The summed E-state index contributed by atoms with van der Waals surface area (Å²) >= 11 is 0. The highest BCUT2D eigenvalue weighted by molar-refractivity contribution is 5.26. The lowest BCUT2D eigenvalue weighted by atomic mass is 9.89. The van der Waals surface area contributed by atoms with Crippen molar-refractivity contribution in [3.8, 4) is 0 Å². The van der Waals surface area contributed by atoms with E-state index >= 15 is 0 Å². The van der Waals surface area contributed by atoms with E-state index in [2.05, 4.69) is 6.92 Å². The van der Waals surface area contributed by atoms with Crippen molar-refractivity contribution < 1.29 is 27.4 Å². The molecule has 0 aromatic heterocycles. The van der Waals surface area contributed by atoms with Crippen LogP contribution in [0, 0.1) is 17.5 Å². The summed E-state index contributed by atoms with van der Waals surface area (Å²) in [5.74, 6) is -5.26. The average molecular weight is 447 g/mol. The molecule has 1 aromatic rings. The highest BCUT2D eigenvalue weighted by atomic mass is 19.1. The molecule has 0 N–H and O–H groups in total. The molecular formula is C25H41F3O3. The Balaban J connectivity index is 3.31. The van der Waals surface area contributed by atoms with Gasteiger partial charge in [-0.2, -0.15) is 0 Å². The number of unbranched alkanes of at least 4 members (excludes halogenated alkanes) is 5. The molecule has 0 saturated heterocycles. The standard InChI is InChI=1S/C25H41F3O3/c1-5-9-10-11-12-13-14-21(24-22(27)18-20(26)19-23(24)28)25(29-15-6-2,30-16-7-3)31-17-8-4/h18-19,21H,5-17H2,1-4H3. The van der Waals surface area contributed by atoms with E-state index in [0.717, 1.165) is 44.2 Å². The summed E-state index contributed by atoms with van der Waals surface area (Å²) in [5.41, 5.74) is -0.224. The Hall–Kier alpha value is -1.11. The van der Waals surface area contributed by atoms with E-state index < -0.39 is 29.3 Å². The van der Waals surface area contributed by atoms with E-state index in [-0.39, 0.29) is 5.56 Å². The third kappa shape index (κ3) is 9.11. The molecule has 0 aliphatic carbocycles. The van der Waals surface area contributed by atoms with Crippen molar-refractivity contribution in [1.29, 1.82) is 0 Å². The van der Waals surface area contributed by atoms with Gasteiger partial charge in [-0.15, -0.1) is 0 Å². The second-order valence-corrected chi connectivity index (χ2v) is 8.04. The predicted molar refractivity (Wildman–Crippen MR) is 119 cm³/mol. The third-order valence-corrected chi connectivity index (χ3v) is 5.19. The van der Waals surface area contributed by atoms with Gasteiger partial charge < -0.3 is 14.2 Å². The van der Waals surface area contributed by atoms with Crippen molar-refractivity contribution in [2.75, 3.05) is 19.8 Å². The van der Waals surface area contributed by atoms with E-state index in [4.69, 9.17) is 14.2 Å². The van der Waals surface area contributed by atoms with Gasteiger partial charge in [-0.05, 0) is 25.7 Å². The summed E-state index contributed by atoms with van der Waals surface area (Å²) < 4.78 is 61.6. The fraction of sp³-hybridized carbons (Fsp3) is 0.760. The molecule has 0 aliphatic rings. The zero-order valence-electron chi connectivity index (χ0n) is 19.8. The monoisotopic (exact) mass is 446 g/mol. The van der Waals surface area contributed by atoms with Gasteiger partial charge in [0.25, 0.3) is 5.97 Å². The summed E-state index contributed by atoms with van der Waals surface area (Å²) in [5, 5.41) is 0. The van der Waals surface area contributed by atoms with Gasteiger partial charge in [-0.1, -0.05) is 66.2 Å². The first kappa shape index (κ1) is 27.9. The molecule has 0 amide bonds. The van der Waals surface area contributed by atoms with Crippen LogP contribution in [-0.4, -0.2) is 25.8 Å². The quantitative estimate of drug-likeness (QED) is 0.170. The molecule has 6 heteroatoms. The third-order valence-electron chi connectivity index (χ3n) is 5.19. The number of benzene rings is 1. The minimum Gasteiger partial charge on any atom is -0.327 e. The highest BCUT2D eigenvalue weighted by Gasteiger charge is 2.46. The Morgan fingerprint density at radius 1 is 0.677 bits per heavy atom. The Labute approximate surface area is 186 Å². The minimum absolute atomic E-state index is 0.224. The van der Waals surface area contributed by atoms with Crippen LogP contribution in [0.4, 0.5) is 13.2 Å². The molecule has 0 fully saturated rings. The molecule has 1 aromatic carbocycles. The van der Waals surface area contributed by atoms with Crippen LogP contribution in [0.1, 0.15) is 103 Å². The van der Waals surface area contributed by atoms with E-state index in [9.17, 15) is 13.2 Å². The molecule has 180 valence electrons. The summed E-state index contributed by atoms with van der Waals surface area (Å²) in [7, 11) is 0. The van der Waals surface area contributed by atoms with E-state index in [1.807, 2.05) is 20.8 Å². The summed E-state index contributed by atoms with van der Waals surface area (Å²) in [6.45, 7) is 8.98. The van der Waals surface area contributed by atoms with Crippen LogP contribution in [0.5, 0.6) is 0 Å². The van der Waals surface area contributed by atoms with Crippen molar-refractivity contribution in [3.05, 3.63) is 35.1 Å². The lowest BCUT2D eigenvalue weighted by Gasteiger charge is -2.40. The Bertz CT molecular complexity index is 565. The zero-order valence-corrected chi connectivity index (χ0v) is 19.8. The van der Waals surface area contributed by atoms with Gasteiger partial charge in [-0.25, -0.2) is 13.2 Å². The molecule has 0 saturated carbocycles. The lowest BCUT2D eigenvalue weighted by molar-refractivity contribution is -0.393. The second kappa shape index (κ2) is 15.7. The van der Waals surface area contributed by atoms with Crippen molar-refractivity contribution in [1.82, 2.24) is 0 Å². The first-order chi connectivity index (χ1) is 15.0. The largest absolute Gasteiger partial charge is 0.327 e. The SMILES string of the molecule is CCCCCCCCC(c1c(F)cc(F)cc1F)C(OCCC)(OCCC)OCCC. The molecule has 31 heavy (non-hydrogen) atoms. The molecule has 0 spiro atoms. The van der Waals surface area contributed by atoms with Crippen molar-refractivity contribution in [2.24, 2.45) is 0 Å². The molecule has 1 unspecified atom stereocenters. The van der Waals surface area contributed by atoms with Crippen LogP contribution >= 0.6 is 0 Å². The van der Waals surface area contributed by atoms with Gasteiger partial charge in [0.15, 0.2) is 0 Å². The molecule has 0 aliphatic heterocycles. The summed E-state index contributed by atoms with van der Waals surface area (Å²) in [4.78, 5) is 0. The molecule has 1 atom stereocenters. The topological polar surface area (TPSA) is 27.7 Å². The molecule has 0 radical (unpaired) electrons. The van der Waals surface area contributed by atoms with E-state index in [1.54, 1.807) is 0 Å². The number of hydrogen-bond acceptors (Lipinski definition) is 3. The number of ether oxygens (including phenoxy) is 3. The van der Waals surface area contributed by atoms with Crippen molar-refractivity contribution in [3.63, 3.8) is 0 Å². The lowest BCUT2D eigenvalue weighted by Crippen LogP contribution is -2.46.